The van der Waals surface area contributed by atoms with E-state index in [4.69, 9.17) is 0 Å². The van der Waals surface area contributed by atoms with Gasteiger partial charge in [0.1, 0.15) is 0 Å². The molecule has 0 aromatic heterocycles. The maximum atomic E-state index is 12.5. The van der Waals surface area contributed by atoms with Gasteiger partial charge in [-0.05, 0) is 55.6 Å². The molecule has 1 atom stereocenters. The molecule has 2 aromatic carbocycles. The number of aliphatic hydroxyl groups is 1. The lowest BCUT2D eigenvalue weighted by Crippen LogP contribution is -2.39. The molecule has 132 valence electrons. The highest BCUT2D eigenvalue weighted by Gasteiger charge is 2.22. The number of carbonyl (C=O) groups excluding carboxylic acids is 1. The van der Waals surface area contributed by atoms with Crippen LogP contribution in [0.15, 0.2) is 54.6 Å². The fraction of sp³-hybridized carbons (Fsp3) is 0.381. The van der Waals surface area contributed by atoms with Gasteiger partial charge in [0.25, 0.3) is 5.91 Å². The zero-order valence-electron chi connectivity index (χ0n) is 14.5. The minimum absolute atomic E-state index is 0.0846. The molecular weight excluding hydrogens is 312 g/mol. The van der Waals surface area contributed by atoms with Crippen molar-refractivity contribution in [1.82, 2.24) is 4.90 Å². The standard InChI is InChI=1S/C21H26N2O2/c24-14-12-20-11-4-5-13-23(20)16-17-7-6-8-18(15-17)21(25)22-19-9-2-1-3-10-19/h1-3,6-10,15,20,24H,4-5,11-14,16H2,(H,22,25). The summed E-state index contributed by atoms with van der Waals surface area (Å²) < 4.78 is 0. The highest BCUT2D eigenvalue weighted by atomic mass is 16.3. The Morgan fingerprint density at radius 2 is 1.96 bits per heavy atom. The smallest absolute Gasteiger partial charge is 0.255 e. The Labute approximate surface area is 149 Å². The maximum absolute atomic E-state index is 12.5. The molecule has 4 nitrogen and oxygen atoms in total. The summed E-state index contributed by atoms with van der Waals surface area (Å²) in [4.78, 5) is 14.9. The van der Waals surface area contributed by atoms with Crippen LogP contribution in [0.1, 0.15) is 41.6 Å². The molecule has 1 unspecified atom stereocenters. The van der Waals surface area contributed by atoms with Crippen molar-refractivity contribution in [2.24, 2.45) is 0 Å². The van der Waals surface area contributed by atoms with Gasteiger partial charge < -0.3 is 10.4 Å². The van der Waals surface area contributed by atoms with Crippen molar-refractivity contribution in [2.75, 3.05) is 18.5 Å². The number of likely N-dealkylation sites (tertiary alicyclic amines) is 1. The lowest BCUT2D eigenvalue weighted by atomic mass is 9.98. The molecule has 1 saturated heterocycles. The SMILES string of the molecule is O=C(Nc1ccccc1)c1cccc(CN2CCCCC2CCO)c1. The number of nitrogens with one attached hydrogen (secondary N) is 1. The Kier molecular flexibility index (Phi) is 6.20. The molecule has 0 aliphatic carbocycles. The van der Waals surface area contributed by atoms with Gasteiger partial charge in [-0.2, -0.15) is 0 Å². The number of amides is 1. The van der Waals surface area contributed by atoms with Crippen molar-refractivity contribution in [3.8, 4) is 0 Å². The van der Waals surface area contributed by atoms with E-state index in [2.05, 4.69) is 16.3 Å². The van der Waals surface area contributed by atoms with Crippen molar-refractivity contribution in [1.29, 1.82) is 0 Å². The van der Waals surface area contributed by atoms with Gasteiger partial charge >= 0.3 is 0 Å². The topological polar surface area (TPSA) is 52.6 Å². The van der Waals surface area contributed by atoms with E-state index >= 15 is 0 Å². The third-order valence-corrected chi connectivity index (χ3v) is 4.82. The van der Waals surface area contributed by atoms with E-state index in [9.17, 15) is 9.90 Å². The molecule has 0 bridgehead atoms. The van der Waals surface area contributed by atoms with Gasteiger partial charge in [0.15, 0.2) is 0 Å². The van der Waals surface area contributed by atoms with E-state index < -0.39 is 0 Å². The molecule has 3 rings (SSSR count). The molecule has 0 spiro atoms. The zero-order chi connectivity index (χ0) is 17.5. The summed E-state index contributed by atoms with van der Waals surface area (Å²) in [6.45, 7) is 2.13. The van der Waals surface area contributed by atoms with Gasteiger partial charge in [0.05, 0.1) is 0 Å². The predicted molar refractivity (Wildman–Crippen MR) is 101 cm³/mol. The Balaban J connectivity index is 1.67. The minimum Gasteiger partial charge on any atom is -0.396 e. The molecular formula is C21H26N2O2. The summed E-state index contributed by atoms with van der Waals surface area (Å²) in [5.74, 6) is -0.0846. The third kappa shape index (κ3) is 4.91. The summed E-state index contributed by atoms with van der Waals surface area (Å²) in [5, 5.41) is 12.2. The van der Waals surface area contributed by atoms with E-state index in [1.807, 2.05) is 48.5 Å². The van der Waals surface area contributed by atoms with Gasteiger partial charge in [-0.3, -0.25) is 9.69 Å². The number of aliphatic hydroxyl groups excluding tert-OH is 1. The van der Waals surface area contributed by atoms with E-state index in [-0.39, 0.29) is 12.5 Å². The van der Waals surface area contributed by atoms with E-state index in [0.717, 1.165) is 37.2 Å². The van der Waals surface area contributed by atoms with Crippen LogP contribution in [0, 0.1) is 0 Å². The summed E-state index contributed by atoms with van der Waals surface area (Å²) in [6, 6.07) is 17.8. The number of benzene rings is 2. The largest absolute Gasteiger partial charge is 0.396 e. The molecule has 0 saturated carbocycles. The lowest BCUT2D eigenvalue weighted by molar-refractivity contribution is 0.102. The second-order valence-corrected chi connectivity index (χ2v) is 6.65. The summed E-state index contributed by atoms with van der Waals surface area (Å²) in [7, 11) is 0. The number of piperidine rings is 1. The Morgan fingerprint density at radius 3 is 2.76 bits per heavy atom. The quantitative estimate of drug-likeness (QED) is 0.845. The van der Waals surface area contributed by atoms with Crippen LogP contribution in [-0.4, -0.2) is 35.1 Å². The molecule has 4 heteroatoms. The van der Waals surface area contributed by atoms with E-state index in [1.165, 1.54) is 12.8 Å². The number of carbonyl (C=O) groups is 1. The van der Waals surface area contributed by atoms with Crippen LogP contribution in [0.5, 0.6) is 0 Å². The van der Waals surface area contributed by atoms with Crippen LogP contribution in [0.2, 0.25) is 0 Å². The number of hydrogen-bond donors (Lipinski definition) is 2. The first-order valence-corrected chi connectivity index (χ1v) is 9.06. The number of hydrogen-bond acceptors (Lipinski definition) is 3. The molecule has 1 heterocycles. The highest BCUT2D eigenvalue weighted by molar-refractivity contribution is 6.04. The van der Waals surface area contributed by atoms with Crippen molar-refractivity contribution >= 4 is 11.6 Å². The molecule has 25 heavy (non-hydrogen) atoms. The van der Waals surface area contributed by atoms with Gasteiger partial charge in [-0.1, -0.05) is 36.8 Å². The Morgan fingerprint density at radius 1 is 1.12 bits per heavy atom. The molecule has 1 fully saturated rings. The highest BCUT2D eigenvalue weighted by Crippen LogP contribution is 2.22. The second-order valence-electron chi connectivity index (χ2n) is 6.65. The Hall–Kier alpha value is -2.17. The summed E-state index contributed by atoms with van der Waals surface area (Å²) >= 11 is 0. The van der Waals surface area contributed by atoms with Gasteiger partial charge in [-0.15, -0.1) is 0 Å². The second kappa shape index (κ2) is 8.79. The van der Waals surface area contributed by atoms with Crippen molar-refractivity contribution < 1.29 is 9.90 Å². The monoisotopic (exact) mass is 338 g/mol. The van der Waals surface area contributed by atoms with Crippen molar-refractivity contribution in [2.45, 2.75) is 38.3 Å². The van der Waals surface area contributed by atoms with Gasteiger partial charge in [0, 0.05) is 30.4 Å². The predicted octanol–water partition coefficient (Wildman–Crippen LogP) is 3.68. The third-order valence-electron chi connectivity index (χ3n) is 4.82. The lowest BCUT2D eigenvalue weighted by Gasteiger charge is -2.35. The van der Waals surface area contributed by atoms with Gasteiger partial charge in [0.2, 0.25) is 0 Å². The molecule has 1 amide bonds. The minimum atomic E-state index is -0.0846. The Bertz CT molecular complexity index is 685. The average Bonchev–Trinajstić information content (AvgIpc) is 2.65. The fourth-order valence-electron chi connectivity index (χ4n) is 3.51. The fourth-order valence-corrected chi connectivity index (χ4v) is 3.51. The van der Waals surface area contributed by atoms with Gasteiger partial charge in [-0.25, -0.2) is 0 Å². The molecule has 2 N–H and O–H groups in total. The first kappa shape index (κ1) is 17.6. The van der Waals surface area contributed by atoms with Crippen LogP contribution >= 0.6 is 0 Å². The van der Waals surface area contributed by atoms with Crippen LogP contribution in [-0.2, 0) is 6.54 Å². The number of nitrogens with zero attached hydrogens (tertiary/aromatic N) is 1. The summed E-state index contributed by atoms with van der Waals surface area (Å²) in [6.07, 6.45) is 4.42. The molecule has 1 aliphatic heterocycles. The number of anilines is 1. The molecule has 2 aromatic rings. The average molecular weight is 338 g/mol. The van der Waals surface area contributed by atoms with Crippen LogP contribution < -0.4 is 5.32 Å². The molecule has 0 radical (unpaired) electrons. The first-order valence-electron chi connectivity index (χ1n) is 9.06. The zero-order valence-corrected chi connectivity index (χ0v) is 14.5. The van der Waals surface area contributed by atoms with Crippen molar-refractivity contribution in [3.05, 3.63) is 65.7 Å². The summed E-state index contributed by atoms with van der Waals surface area (Å²) in [5.41, 5.74) is 2.62. The normalized spacial score (nSPS) is 18.0. The van der Waals surface area contributed by atoms with Crippen LogP contribution in [0.3, 0.4) is 0 Å². The van der Waals surface area contributed by atoms with E-state index in [1.54, 1.807) is 0 Å². The maximum Gasteiger partial charge on any atom is 0.255 e. The number of rotatable bonds is 6. The van der Waals surface area contributed by atoms with Crippen molar-refractivity contribution in [3.63, 3.8) is 0 Å². The first-order chi connectivity index (χ1) is 12.3. The molecule has 1 aliphatic rings. The van der Waals surface area contributed by atoms with E-state index in [0.29, 0.717) is 11.6 Å². The van der Waals surface area contributed by atoms with Crippen LogP contribution in [0.25, 0.3) is 0 Å². The number of para-hydroxylation sites is 1. The van der Waals surface area contributed by atoms with Crippen LogP contribution in [0.4, 0.5) is 5.69 Å².